The van der Waals surface area contributed by atoms with E-state index in [0.29, 0.717) is 11.5 Å². The van der Waals surface area contributed by atoms with Crippen molar-refractivity contribution in [1.82, 2.24) is 9.97 Å². The third-order valence-corrected chi connectivity index (χ3v) is 4.74. The quantitative estimate of drug-likeness (QED) is 0.946. The fourth-order valence-corrected chi connectivity index (χ4v) is 3.15. The molecule has 1 saturated heterocycles. The van der Waals surface area contributed by atoms with Crippen molar-refractivity contribution >= 4 is 5.69 Å². The van der Waals surface area contributed by atoms with Crippen molar-refractivity contribution in [3.8, 4) is 11.3 Å². The van der Waals surface area contributed by atoms with Gasteiger partial charge in [0.25, 0.3) is 0 Å². The molecule has 2 heterocycles. The van der Waals surface area contributed by atoms with E-state index in [-0.39, 0.29) is 11.9 Å². The van der Waals surface area contributed by atoms with Gasteiger partial charge in [-0.15, -0.1) is 0 Å². The average Bonchev–Trinajstić information content (AvgIpc) is 3.41. The Morgan fingerprint density at radius 2 is 1.83 bits per heavy atom. The molecule has 4 nitrogen and oxygen atoms in total. The van der Waals surface area contributed by atoms with E-state index in [1.165, 1.54) is 6.07 Å². The Balaban J connectivity index is 1.77. The van der Waals surface area contributed by atoms with Crippen LogP contribution in [0.15, 0.2) is 30.5 Å². The zero-order valence-electron chi connectivity index (χ0n) is 13.1. The van der Waals surface area contributed by atoms with Crippen molar-refractivity contribution in [3.63, 3.8) is 0 Å². The highest BCUT2D eigenvalue weighted by atomic mass is 19.1. The third kappa shape index (κ3) is 2.93. The first-order valence-electron chi connectivity index (χ1n) is 8.35. The molecule has 0 atom stereocenters. The smallest absolute Gasteiger partial charge is 0.132 e. The van der Waals surface area contributed by atoms with Gasteiger partial charge >= 0.3 is 0 Å². The standard InChI is InChI=1S/C18H21FN4/c19-15-4-2-1-3-14(15)17-16(23-9-7-13(20)8-10-23)11-21-18(22-17)12-5-6-12/h1-4,11-13H,5-10,20H2. The fraction of sp³-hybridized carbons (Fsp3) is 0.444. The van der Waals surface area contributed by atoms with Crippen molar-refractivity contribution in [2.45, 2.75) is 37.6 Å². The lowest BCUT2D eigenvalue weighted by atomic mass is 10.0. The summed E-state index contributed by atoms with van der Waals surface area (Å²) in [6.45, 7) is 1.74. The van der Waals surface area contributed by atoms with Crippen LogP contribution in [0, 0.1) is 5.82 Å². The lowest BCUT2D eigenvalue weighted by molar-refractivity contribution is 0.500. The summed E-state index contributed by atoms with van der Waals surface area (Å²) in [4.78, 5) is 11.5. The van der Waals surface area contributed by atoms with Gasteiger partial charge < -0.3 is 10.6 Å². The summed E-state index contributed by atoms with van der Waals surface area (Å²) < 4.78 is 14.3. The molecule has 0 bridgehead atoms. The molecule has 1 saturated carbocycles. The molecule has 1 aliphatic carbocycles. The van der Waals surface area contributed by atoms with E-state index in [1.54, 1.807) is 12.1 Å². The van der Waals surface area contributed by atoms with Gasteiger partial charge in [-0.1, -0.05) is 12.1 Å². The van der Waals surface area contributed by atoms with E-state index in [2.05, 4.69) is 9.88 Å². The van der Waals surface area contributed by atoms with Crippen molar-refractivity contribution in [3.05, 3.63) is 42.1 Å². The van der Waals surface area contributed by atoms with Crippen molar-refractivity contribution < 1.29 is 4.39 Å². The van der Waals surface area contributed by atoms with E-state index in [4.69, 9.17) is 10.7 Å². The number of anilines is 1. The van der Waals surface area contributed by atoms with E-state index >= 15 is 0 Å². The minimum Gasteiger partial charge on any atom is -0.368 e. The van der Waals surface area contributed by atoms with Gasteiger partial charge in [-0.2, -0.15) is 0 Å². The Morgan fingerprint density at radius 3 is 2.52 bits per heavy atom. The molecule has 1 aromatic heterocycles. The van der Waals surface area contributed by atoms with E-state index in [9.17, 15) is 4.39 Å². The fourth-order valence-electron chi connectivity index (χ4n) is 3.15. The Kier molecular flexibility index (Phi) is 3.73. The highest BCUT2D eigenvalue weighted by Crippen LogP contribution is 2.40. The van der Waals surface area contributed by atoms with Gasteiger partial charge in [-0.05, 0) is 37.8 Å². The predicted molar refractivity (Wildman–Crippen MR) is 88.8 cm³/mol. The Bertz CT molecular complexity index is 706. The first-order valence-corrected chi connectivity index (χ1v) is 8.35. The first kappa shape index (κ1) is 14.6. The number of nitrogens with two attached hydrogens (primary N) is 1. The maximum Gasteiger partial charge on any atom is 0.132 e. The first-order chi connectivity index (χ1) is 11.2. The summed E-state index contributed by atoms with van der Waals surface area (Å²) in [5.41, 5.74) is 8.20. The minimum absolute atomic E-state index is 0.233. The van der Waals surface area contributed by atoms with Crippen LogP contribution in [0.3, 0.4) is 0 Å². The van der Waals surface area contributed by atoms with Crippen LogP contribution < -0.4 is 10.6 Å². The highest BCUT2D eigenvalue weighted by molar-refractivity contribution is 5.75. The Labute approximate surface area is 135 Å². The molecule has 4 rings (SSSR count). The summed E-state index contributed by atoms with van der Waals surface area (Å²) in [6.07, 6.45) is 6.03. The topological polar surface area (TPSA) is 55.0 Å². The second-order valence-corrected chi connectivity index (χ2v) is 6.54. The van der Waals surface area contributed by atoms with Gasteiger partial charge in [0.15, 0.2) is 0 Å². The van der Waals surface area contributed by atoms with Gasteiger partial charge in [0.1, 0.15) is 17.3 Å². The van der Waals surface area contributed by atoms with Gasteiger partial charge in [-0.3, -0.25) is 0 Å². The van der Waals surface area contributed by atoms with E-state index in [1.807, 2.05) is 12.3 Å². The second-order valence-electron chi connectivity index (χ2n) is 6.54. The zero-order chi connectivity index (χ0) is 15.8. The van der Waals surface area contributed by atoms with Crippen LogP contribution in [-0.4, -0.2) is 29.1 Å². The molecule has 120 valence electrons. The number of hydrogen-bond donors (Lipinski definition) is 1. The summed E-state index contributed by atoms with van der Waals surface area (Å²) in [5.74, 6) is 1.06. The van der Waals surface area contributed by atoms with Crippen LogP contribution in [0.1, 0.15) is 37.4 Å². The van der Waals surface area contributed by atoms with Crippen LogP contribution >= 0.6 is 0 Å². The number of piperidine rings is 1. The summed E-state index contributed by atoms with van der Waals surface area (Å²) in [7, 11) is 0. The number of aromatic nitrogens is 2. The maximum atomic E-state index is 14.3. The largest absolute Gasteiger partial charge is 0.368 e. The molecule has 0 radical (unpaired) electrons. The second kappa shape index (κ2) is 5.89. The third-order valence-electron chi connectivity index (χ3n) is 4.74. The molecule has 1 aromatic carbocycles. The normalized spacial score (nSPS) is 19.1. The average molecular weight is 312 g/mol. The lowest BCUT2D eigenvalue weighted by Gasteiger charge is -2.32. The molecule has 0 amide bonds. The van der Waals surface area contributed by atoms with Gasteiger partial charge in [-0.25, -0.2) is 14.4 Å². The SMILES string of the molecule is NC1CCN(c2cnc(C3CC3)nc2-c2ccccc2F)CC1. The number of benzene rings is 1. The molecule has 0 spiro atoms. The summed E-state index contributed by atoms with van der Waals surface area (Å²) >= 11 is 0. The number of hydrogen-bond acceptors (Lipinski definition) is 4. The van der Waals surface area contributed by atoms with Crippen LogP contribution in [-0.2, 0) is 0 Å². The highest BCUT2D eigenvalue weighted by Gasteiger charge is 2.29. The molecule has 2 fully saturated rings. The molecule has 23 heavy (non-hydrogen) atoms. The summed E-state index contributed by atoms with van der Waals surface area (Å²) in [6, 6.07) is 7.11. The molecular weight excluding hydrogens is 291 g/mol. The number of halogens is 1. The number of rotatable bonds is 3. The minimum atomic E-state index is -0.233. The Hall–Kier alpha value is -2.01. The summed E-state index contributed by atoms with van der Waals surface area (Å²) in [5, 5.41) is 0. The molecule has 5 heteroatoms. The van der Waals surface area contributed by atoms with Gasteiger partial charge in [0, 0.05) is 30.6 Å². The van der Waals surface area contributed by atoms with Crippen LogP contribution in [0.2, 0.25) is 0 Å². The zero-order valence-corrected chi connectivity index (χ0v) is 13.1. The van der Waals surface area contributed by atoms with E-state index < -0.39 is 0 Å². The van der Waals surface area contributed by atoms with Crippen LogP contribution in [0.4, 0.5) is 10.1 Å². The molecule has 1 aliphatic heterocycles. The molecule has 0 unspecified atom stereocenters. The van der Waals surface area contributed by atoms with Crippen molar-refractivity contribution in [2.75, 3.05) is 18.0 Å². The molecule has 2 aliphatic rings. The predicted octanol–water partition coefficient (Wildman–Crippen LogP) is 3.09. The van der Waals surface area contributed by atoms with E-state index in [0.717, 1.165) is 56.0 Å². The lowest BCUT2D eigenvalue weighted by Crippen LogP contribution is -2.40. The maximum absolute atomic E-state index is 14.3. The Morgan fingerprint density at radius 1 is 1.09 bits per heavy atom. The van der Waals surface area contributed by atoms with Gasteiger partial charge in [0.05, 0.1) is 11.9 Å². The van der Waals surface area contributed by atoms with Crippen LogP contribution in [0.5, 0.6) is 0 Å². The molecule has 2 N–H and O–H groups in total. The van der Waals surface area contributed by atoms with Crippen molar-refractivity contribution in [2.24, 2.45) is 5.73 Å². The molecule has 2 aromatic rings. The number of nitrogens with zero attached hydrogens (tertiary/aromatic N) is 3. The van der Waals surface area contributed by atoms with Crippen molar-refractivity contribution in [1.29, 1.82) is 0 Å². The monoisotopic (exact) mass is 312 g/mol. The van der Waals surface area contributed by atoms with Crippen LogP contribution in [0.25, 0.3) is 11.3 Å². The molecular formula is C18H21FN4. The van der Waals surface area contributed by atoms with Gasteiger partial charge in [0.2, 0.25) is 0 Å².